The van der Waals surface area contributed by atoms with E-state index in [1.807, 2.05) is 32.0 Å². The third-order valence-corrected chi connectivity index (χ3v) is 4.40. The SMILES string of the molecule is Cc1cccc(C)c1OC1CN(C(=O)[C@H](C)NS(C)(=O)=O)C1. The Bertz CT molecular complexity index is 646. The van der Waals surface area contributed by atoms with Crippen LogP contribution in [0, 0.1) is 13.8 Å². The Balaban J connectivity index is 1.89. The number of amides is 1. The highest BCUT2D eigenvalue weighted by Crippen LogP contribution is 2.26. The molecule has 0 spiro atoms. The summed E-state index contributed by atoms with van der Waals surface area (Å²) in [5.74, 6) is 0.633. The number of carbonyl (C=O) groups excluding carboxylic acids is 1. The van der Waals surface area contributed by atoms with E-state index >= 15 is 0 Å². The Labute approximate surface area is 131 Å². The van der Waals surface area contributed by atoms with Crippen molar-refractivity contribution in [1.29, 1.82) is 0 Å². The quantitative estimate of drug-likeness (QED) is 0.870. The molecule has 1 aliphatic heterocycles. The smallest absolute Gasteiger partial charge is 0.240 e. The summed E-state index contributed by atoms with van der Waals surface area (Å²) in [4.78, 5) is 13.7. The number of ether oxygens (including phenoxy) is 1. The number of hydrogen-bond donors (Lipinski definition) is 1. The van der Waals surface area contributed by atoms with E-state index in [0.29, 0.717) is 13.1 Å². The van der Waals surface area contributed by atoms with E-state index < -0.39 is 16.1 Å². The van der Waals surface area contributed by atoms with Crippen LogP contribution < -0.4 is 9.46 Å². The predicted molar refractivity (Wildman–Crippen MR) is 84.4 cm³/mol. The van der Waals surface area contributed by atoms with Crippen molar-refractivity contribution < 1.29 is 17.9 Å². The van der Waals surface area contributed by atoms with Crippen molar-refractivity contribution in [2.75, 3.05) is 19.3 Å². The van der Waals surface area contributed by atoms with Gasteiger partial charge in [-0.15, -0.1) is 0 Å². The maximum Gasteiger partial charge on any atom is 0.240 e. The first kappa shape index (κ1) is 16.8. The summed E-state index contributed by atoms with van der Waals surface area (Å²) >= 11 is 0. The summed E-state index contributed by atoms with van der Waals surface area (Å²) in [6.07, 6.45) is 0.994. The molecule has 1 amide bonds. The van der Waals surface area contributed by atoms with Gasteiger partial charge in [-0.05, 0) is 31.9 Å². The molecular formula is C15H22N2O4S. The van der Waals surface area contributed by atoms with Crippen molar-refractivity contribution in [2.24, 2.45) is 0 Å². The first-order chi connectivity index (χ1) is 10.2. The van der Waals surface area contributed by atoms with Crippen LogP contribution in [-0.4, -0.2) is 50.7 Å². The number of benzene rings is 1. The van der Waals surface area contributed by atoms with Crippen molar-refractivity contribution in [1.82, 2.24) is 9.62 Å². The molecule has 2 rings (SSSR count). The molecule has 0 bridgehead atoms. The Morgan fingerprint density at radius 3 is 2.36 bits per heavy atom. The predicted octanol–water partition coefficient (Wildman–Crippen LogP) is 0.831. The molecule has 1 fully saturated rings. The molecule has 122 valence electrons. The molecule has 6 nitrogen and oxygen atoms in total. The van der Waals surface area contributed by atoms with Crippen molar-refractivity contribution in [2.45, 2.75) is 32.9 Å². The first-order valence-corrected chi connectivity index (χ1v) is 9.05. The maximum absolute atomic E-state index is 12.1. The number of aryl methyl sites for hydroxylation is 2. The first-order valence-electron chi connectivity index (χ1n) is 7.16. The summed E-state index contributed by atoms with van der Waals surface area (Å²) in [5, 5.41) is 0. The highest BCUT2D eigenvalue weighted by atomic mass is 32.2. The highest BCUT2D eigenvalue weighted by Gasteiger charge is 2.35. The standard InChI is InChI=1S/C15H22N2O4S/c1-10-6-5-7-11(2)14(10)21-13-8-17(9-13)15(18)12(3)16-22(4,19)20/h5-7,12-13,16H,8-9H2,1-4H3/t12-/m0/s1. The molecule has 1 aromatic rings. The van der Waals surface area contributed by atoms with Gasteiger partial charge in [0.05, 0.1) is 25.4 Å². The Morgan fingerprint density at radius 2 is 1.86 bits per heavy atom. The summed E-state index contributed by atoms with van der Waals surface area (Å²) in [6, 6.07) is 5.20. The normalized spacial score (nSPS) is 17.0. The molecule has 1 saturated heterocycles. The lowest BCUT2D eigenvalue weighted by Crippen LogP contribution is -2.60. The molecule has 0 aliphatic carbocycles. The minimum Gasteiger partial charge on any atom is -0.486 e. The average molecular weight is 326 g/mol. The lowest BCUT2D eigenvalue weighted by Gasteiger charge is -2.40. The second-order valence-corrected chi connectivity index (χ2v) is 7.60. The number of para-hydroxylation sites is 1. The van der Waals surface area contributed by atoms with Gasteiger partial charge in [0.1, 0.15) is 11.9 Å². The largest absolute Gasteiger partial charge is 0.486 e. The van der Waals surface area contributed by atoms with Gasteiger partial charge < -0.3 is 9.64 Å². The van der Waals surface area contributed by atoms with Crippen LogP contribution in [0.1, 0.15) is 18.1 Å². The van der Waals surface area contributed by atoms with E-state index in [9.17, 15) is 13.2 Å². The molecule has 1 aromatic carbocycles. The third kappa shape index (κ3) is 3.98. The molecule has 7 heteroatoms. The number of rotatable bonds is 5. The van der Waals surface area contributed by atoms with E-state index in [0.717, 1.165) is 23.1 Å². The fourth-order valence-corrected chi connectivity index (χ4v) is 3.23. The van der Waals surface area contributed by atoms with Crippen LogP contribution in [-0.2, 0) is 14.8 Å². The van der Waals surface area contributed by atoms with Crippen LogP contribution in [0.3, 0.4) is 0 Å². The molecule has 0 unspecified atom stereocenters. The second kappa shape index (κ2) is 6.26. The van der Waals surface area contributed by atoms with Gasteiger partial charge in [0.2, 0.25) is 15.9 Å². The Hall–Kier alpha value is -1.60. The van der Waals surface area contributed by atoms with Crippen molar-refractivity contribution in [3.8, 4) is 5.75 Å². The van der Waals surface area contributed by atoms with Gasteiger partial charge in [0, 0.05) is 0 Å². The molecule has 1 heterocycles. The maximum atomic E-state index is 12.1. The van der Waals surface area contributed by atoms with Crippen molar-refractivity contribution >= 4 is 15.9 Å². The second-order valence-electron chi connectivity index (χ2n) is 5.82. The van der Waals surface area contributed by atoms with Gasteiger partial charge in [-0.2, -0.15) is 0 Å². The van der Waals surface area contributed by atoms with Gasteiger partial charge in [0.25, 0.3) is 0 Å². The molecule has 1 aliphatic rings. The van der Waals surface area contributed by atoms with Crippen LogP contribution in [0.25, 0.3) is 0 Å². The van der Waals surface area contributed by atoms with Crippen molar-refractivity contribution in [3.05, 3.63) is 29.3 Å². The zero-order valence-electron chi connectivity index (χ0n) is 13.3. The molecule has 0 saturated carbocycles. The number of hydrogen-bond acceptors (Lipinski definition) is 4. The molecule has 1 atom stereocenters. The lowest BCUT2D eigenvalue weighted by atomic mass is 10.1. The number of nitrogens with one attached hydrogen (secondary N) is 1. The van der Waals surface area contributed by atoms with Gasteiger partial charge in [-0.25, -0.2) is 13.1 Å². The lowest BCUT2D eigenvalue weighted by molar-refractivity contribution is -0.141. The number of sulfonamides is 1. The molecule has 0 aromatic heterocycles. The summed E-state index contributed by atoms with van der Waals surface area (Å²) in [5.41, 5.74) is 2.13. The highest BCUT2D eigenvalue weighted by molar-refractivity contribution is 7.88. The van der Waals surface area contributed by atoms with E-state index in [-0.39, 0.29) is 12.0 Å². The van der Waals surface area contributed by atoms with Gasteiger partial charge >= 0.3 is 0 Å². The van der Waals surface area contributed by atoms with Gasteiger partial charge in [-0.3, -0.25) is 4.79 Å². The number of carbonyl (C=O) groups is 1. The molecule has 22 heavy (non-hydrogen) atoms. The average Bonchev–Trinajstić information content (AvgIpc) is 2.33. The van der Waals surface area contributed by atoms with Crippen LogP contribution in [0.4, 0.5) is 0 Å². The van der Waals surface area contributed by atoms with Crippen LogP contribution >= 0.6 is 0 Å². The zero-order valence-corrected chi connectivity index (χ0v) is 14.1. The van der Waals surface area contributed by atoms with E-state index in [4.69, 9.17) is 4.74 Å². The zero-order chi connectivity index (χ0) is 16.5. The minimum atomic E-state index is -3.39. The fraction of sp³-hybridized carbons (Fsp3) is 0.533. The number of likely N-dealkylation sites (tertiary alicyclic amines) is 1. The van der Waals surface area contributed by atoms with Crippen LogP contribution in [0.5, 0.6) is 5.75 Å². The minimum absolute atomic E-state index is 0.0471. The van der Waals surface area contributed by atoms with E-state index in [1.165, 1.54) is 0 Å². The van der Waals surface area contributed by atoms with Crippen molar-refractivity contribution in [3.63, 3.8) is 0 Å². The monoisotopic (exact) mass is 326 g/mol. The van der Waals surface area contributed by atoms with Crippen LogP contribution in [0.2, 0.25) is 0 Å². The van der Waals surface area contributed by atoms with E-state index in [1.54, 1.807) is 11.8 Å². The van der Waals surface area contributed by atoms with Crippen LogP contribution in [0.15, 0.2) is 18.2 Å². The van der Waals surface area contributed by atoms with Gasteiger partial charge in [0.15, 0.2) is 0 Å². The Kier molecular flexibility index (Phi) is 4.77. The molecule has 1 N–H and O–H groups in total. The third-order valence-electron chi connectivity index (χ3n) is 3.61. The molecular weight excluding hydrogens is 304 g/mol. The topological polar surface area (TPSA) is 75.7 Å². The fourth-order valence-electron chi connectivity index (χ4n) is 2.49. The van der Waals surface area contributed by atoms with Gasteiger partial charge in [-0.1, -0.05) is 18.2 Å². The summed E-state index contributed by atoms with van der Waals surface area (Å²) < 4.78 is 30.5. The Morgan fingerprint density at radius 1 is 1.32 bits per heavy atom. The summed E-state index contributed by atoms with van der Waals surface area (Å²) in [7, 11) is -3.39. The molecule has 0 radical (unpaired) electrons. The number of nitrogens with zero attached hydrogens (tertiary/aromatic N) is 1. The summed E-state index contributed by atoms with van der Waals surface area (Å²) in [6.45, 7) is 6.47. The van der Waals surface area contributed by atoms with E-state index in [2.05, 4.69) is 4.72 Å².